The predicted octanol–water partition coefficient (Wildman–Crippen LogP) is 6.96. The summed E-state index contributed by atoms with van der Waals surface area (Å²) in [7, 11) is 0. The molecule has 0 amide bonds. The van der Waals surface area contributed by atoms with E-state index >= 15 is 0 Å². The molecule has 0 atom stereocenters. The third-order valence-electron chi connectivity index (χ3n) is 5.83. The molecule has 7 heteroatoms. The minimum Gasteiger partial charge on any atom is -0.309 e. The first-order chi connectivity index (χ1) is 16.2. The number of benzene rings is 4. The highest BCUT2D eigenvalue weighted by atomic mass is 79.9. The Kier molecular flexibility index (Phi) is 4.48. The van der Waals surface area contributed by atoms with Gasteiger partial charge in [-0.25, -0.2) is 0 Å². The number of fused-ring (bicyclic) bond motifs is 4. The van der Waals surface area contributed by atoms with Gasteiger partial charge in [-0.1, -0.05) is 12.1 Å². The molecule has 0 fully saturated rings. The molecule has 0 saturated carbocycles. The lowest BCUT2D eigenvalue weighted by Gasteiger charge is -2.09. The molecule has 2 aromatic heterocycles. The zero-order chi connectivity index (χ0) is 22.5. The summed E-state index contributed by atoms with van der Waals surface area (Å²) in [6.07, 6.45) is 0. The summed E-state index contributed by atoms with van der Waals surface area (Å²) in [4.78, 5) is 0. The summed E-state index contributed by atoms with van der Waals surface area (Å²) in [5.74, 6) is 0. The van der Waals surface area contributed by atoms with Crippen LogP contribution in [0.15, 0.2) is 77.3 Å². The quantitative estimate of drug-likeness (QED) is 0.254. The smallest absolute Gasteiger partial charge is 0.119 e. The van der Waals surface area contributed by atoms with Gasteiger partial charge in [0.25, 0.3) is 0 Å². The fourth-order valence-corrected chi connectivity index (χ4v) is 5.39. The van der Waals surface area contributed by atoms with Crippen molar-refractivity contribution in [2.75, 3.05) is 0 Å². The maximum absolute atomic E-state index is 9.50. The van der Waals surface area contributed by atoms with Crippen LogP contribution in [-0.4, -0.2) is 13.3 Å². The Morgan fingerprint density at radius 2 is 1.39 bits per heavy atom. The lowest BCUT2D eigenvalue weighted by Crippen LogP contribution is -1.94. The van der Waals surface area contributed by atoms with Gasteiger partial charge in [-0.05, 0) is 82.2 Å². The second-order valence-corrected chi connectivity index (χ2v) is 9.01. The SMILES string of the molecule is N#Cc1ccc(-n2c3ccc(C#N)cc3c3cc(-c4ccc(Br)c5nsnc45)ccc32)cc1. The molecular formula is C26H12BrN5S. The largest absolute Gasteiger partial charge is 0.309 e. The maximum atomic E-state index is 9.50. The van der Waals surface area contributed by atoms with Gasteiger partial charge in [-0.15, -0.1) is 0 Å². The summed E-state index contributed by atoms with van der Waals surface area (Å²) in [6.45, 7) is 0. The van der Waals surface area contributed by atoms with E-state index in [4.69, 9.17) is 0 Å². The molecule has 33 heavy (non-hydrogen) atoms. The van der Waals surface area contributed by atoms with Crippen molar-refractivity contribution in [3.63, 3.8) is 0 Å². The van der Waals surface area contributed by atoms with Gasteiger partial charge in [0.05, 0.1) is 46.0 Å². The molecule has 0 aliphatic carbocycles. The standard InChI is InChI=1S/C26H12BrN5S/c27-22-8-7-19(25-26(22)31-33-30-25)17-4-10-24-21(12-17)20-11-16(14-29)3-9-23(20)32(24)18-5-1-15(13-28)2-6-18/h1-12H. The van der Waals surface area contributed by atoms with E-state index in [2.05, 4.69) is 65.6 Å². The summed E-state index contributed by atoms with van der Waals surface area (Å²) in [5.41, 5.74) is 7.98. The molecule has 0 spiro atoms. The van der Waals surface area contributed by atoms with Gasteiger partial charge in [0.2, 0.25) is 0 Å². The average molecular weight is 506 g/mol. The van der Waals surface area contributed by atoms with Crippen LogP contribution in [0.3, 0.4) is 0 Å². The van der Waals surface area contributed by atoms with Crippen molar-refractivity contribution >= 4 is 60.5 Å². The molecule has 6 aromatic rings. The van der Waals surface area contributed by atoms with E-state index in [0.717, 1.165) is 54.1 Å². The van der Waals surface area contributed by atoms with Crippen LogP contribution in [0.4, 0.5) is 0 Å². The Hall–Kier alpha value is -4.04. The van der Waals surface area contributed by atoms with Crippen LogP contribution in [0.25, 0.3) is 49.7 Å². The molecule has 4 aromatic carbocycles. The van der Waals surface area contributed by atoms with Gasteiger partial charge in [0.15, 0.2) is 0 Å². The van der Waals surface area contributed by atoms with Gasteiger partial charge < -0.3 is 4.57 Å². The van der Waals surface area contributed by atoms with Crippen LogP contribution in [0.5, 0.6) is 0 Å². The van der Waals surface area contributed by atoms with Crippen molar-refractivity contribution in [1.82, 2.24) is 13.3 Å². The molecule has 0 radical (unpaired) electrons. The Bertz CT molecular complexity index is 1800. The number of rotatable bonds is 2. The molecule has 0 saturated heterocycles. The van der Waals surface area contributed by atoms with E-state index in [9.17, 15) is 10.5 Å². The van der Waals surface area contributed by atoms with Gasteiger partial charge in [0.1, 0.15) is 11.0 Å². The van der Waals surface area contributed by atoms with Crippen LogP contribution in [0, 0.1) is 22.7 Å². The first-order valence-electron chi connectivity index (χ1n) is 10.1. The highest BCUT2D eigenvalue weighted by molar-refractivity contribution is 9.10. The number of hydrogen-bond acceptors (Lipinski definition) is 5. The highest BCUT2D eigenvalue weighted by Gasteiger charge is 2.16. The zero-order valence-electron chi connectivity index (χ0n) is 17.0. The van der Waals surface area contributed by atoms with E-state index in [1.165, 1.54) is 11.7 Å². The minimum atomic E-state index is 0.613. The van der Waals surface area contributed by atoms with Gasteiger partial charge in [-0.2, -0.15) is 19.3 Å². The van der Waals surface area contributed by atoms with E-state index in [1.807, 2.05) is 48.5 Å². The number of halogens is 1. The van der Waals surface area contributed by atoms with E-state index in [0.29, 0.717) is 11.1 Å². The minimum absolute atomic E-state index is 0.613. The van der Waals surface area contributed by atoms with Crippen LogP contribution in [0.2, 0.25) is 0 Å². The summed E-state index contributed by atoms with van der Waals surface area (Å²) >= 11 is 4.76. The van der Waals surface area contributed by atoms with Gasteiger partial charge in [0, 0.05) is 26.5 Å². The fraction of sp³-hybridized carbons (Fsp3) is 0. The van der Waals surface area contributed by atoms with E-state index < -0.39 is 0 Å². The predicted molar refractivity (Wildman–Crippen MR) is 134 cm³/mol. The monoisotopic (exact) mass is 505 g/mol. The van der Waals surface area contributed by atoms with Gasteiger partial charge in [-0.3, -0.25) is 0 Å². The summed E-state index contributed by atoms with van der Waals surface area (Å²) < 4.78 is 12.0. The van der Waals surface area contributed by atoms with Crippen LogP contribution < -0.4 is 0 Å². The normalized spacial score (nSPS) is 11.1. The first kappa shape index (κ1) is 19.6. The first-order valence-corrected chi connectivity index (χ1v) is 11.6. The maximum Gasteiger partial charge on any atom is 0.119 e. The molecule has 0 aliphatic rings. The lowest BCUT2D eigenvalue weighted by molar-refractivity contribution is 1.18. The van der Waals surface area contributed by atoms with Crippen molar-refractivity contribution in [3.8, 4) is 29.0 Å². The van der Waals surface area contributed by atoms with Crippen molar-refractivity contribution in [2.24, 2.45) is 0 Å². The van der Waals surface area contributed by atoms with E-state index in [1.54, 1.807) is 0 Å². The lowest BCUT2D eigenvalue weighted by atomic mass is 10.0. The van der Waals surface area contributed by atoms with Crippen molar-refractivity contribution in [1.29, 1.82) is 10.5 Å². The zero-order valence-corrected chi connectivity index (χ0v) is 19.4. The molecule has 2 heterocycles. The fourth-order valence-electron chi connectivity index (χ4n) is 4.29. The second-order valence-electron chi connectivity index (χ2n) is 7.63. The third-order valence-corrected chi connectivity index (χ3v) is 6.99. The second kappa shape index (κ2) is 7.53. The van der Waals surface area contributed by atoms with E-state index in [-0.39, 0.29) is 0 Å². The number of hydrogen-bond donors (Lipinski definition) is 0. The Labute approximate surface area is 201 Å². The molecule has 0 N–H and O–H groups in total. The molecular weight excluding hydrogens is 494 g/mol. The van der Waals surface area contributed by atoms with Crippen molar-refractivity contribution in [3.05, 3.63) is 88.4 Å². The number of nitrogens with zero attached hydrogens (tertiary/aromatic N) is 5. The molecule has 5 nitrogen and oxygen atoms in total. The van der Waals surface area contributed by atoms with Crippen LogP contribution >= 0.6 is 27.7 Å². The average Bonchev–Trinajstić information content (AvgIpc) is 3.47. The molecule has 0 bridgehead atoms. The number of aromatic nitrogens is 3. The molecule has 6 rings (SSSR count). The summed E-state index contributed by atoms with van der Waals surface area (Å²) in [6, 6.07) is 28.1. The third kappa shape index (κ3) is 3.02. The molecule has 154 valence electrons. The Balaban J connectivity index is 1.67. The topological polar surface area (TPSA) is 78.3 Å². The molecule has 0 unspecified atom stereocenters. The van der Waals surface area contributed by atoms with Crippen LogP contribution in [0.1, 0.15) is 11.1 Å². The van der Waals surface area contributed by atoms with Crippen LogP contribution in [-0.2, 0) is 0 Å². The molecule has 0 aliphatic heterocycles. The highest BCUT2D eigenvalue weighted by Crippen LogP contribution is 2.38. The Morgan fingerprint density at radius 1 is 0.727 bits per heavy atom. The number of nitriles is 2. The van der Waals surface area contributed by atoms with Gasteiger partial charge >= 0.3 is 0 Å². The van der Waals surface area contributed by atoms with Crippen molar-refractivity contribution < 1.29 is 0 Å². The Morgan fingerprint density at radius 3 is 2.15 bits per heavy atom. The summed E-state index contributed by atoms with van der Waals surface area (Å²) in [5, 5.41) is 20.7. The van der Waals surface area contributed by atoms with Crippen molar-refractivity contribution in [2.45, 2.75) is 0 Å².